The zero-order chi connectivity index (χ0) is 11.5. The van der Waals surface area contributed by atoms with Crippen molar-refractivity contribution in [3.8, 4) is 0 Å². The highest BCUT2D eigenvalue weighted by atomic mass is 35.5. The lowest BCUT2D eigenvalue weighted by atomic mass is 10.2. The average molecular weight is 279 g/mol. The molecular weight excluding hydrogens is 264 g/mol. The molecule has 1 aromatic rings. The molecule has 1 saturated carbocycles. The van der Waals surface area contributed by atoms with Crippen molar-refractivity contribution in [2.45, 2.75) is 25.4 Å². The molecule has 1 nitrogen and oxygen atoms in total. The fourth-order valence-electron chi connectivity index (χ4n) is 1.83. The first-order valence-corrected chi connectivity index (χ1v) is 6.74. The van der Waals surface area contributed by atoms with Gasteiger partial charge in [-0.15, -0.1) is 11.6 Å². The van der Waals surface area contributed by atoms with E-state index in [9.17, 15) is 0 Å². The van der Waals surface area contributed by atoms with Gasteiger partial charge in [-0.3, -0.25) is 4.90 Å². The fraction of sp³-hybridized carbons (Fsp3) is 0.500. The van der Waals surface area contributed by atoms with Crippen LogP contribution in [0.5, 0.6) is 0 Å². The summed E-state index contributed by atoms with van der Waals surface area (Å²) in [6.07, 6.45) is 2.55. The second-order valence-corrected chi connectivity index (χ2v) is 5.27. The monoisotopic (exact) mass is 277 g/mol. The summed E-state index contributed by atoms with van der Waals surface area (Å²) in [6.45, 7) is 1.76. The van der Waals surface area contributed by atoms with Gasteiger partial charge in [0.2, 0.25) is 0 Å². The molecule has 1 aromatic carbocycles. The van der Waals surface area contributed by atoms with Gasteiger partial charge in [-0.25, -0.2) is 0 Å². The van der Waals surface area contributed by atoms with Crippen LogP contribution in [0, 0.1) is 0 Å². The molecular formula is C12H14Cl3N. The predicted molar refractivity (Wildman–Crippen MR) is 70.6 cm³/mol. The van der Waals surface area contributed by atoms with Gasteiger partial charge >= 0.3 is 0 Å². The molecule has 4 heteroatoms. The summed E-state index contributed by atoms with van der Waals surface area (Å²) in [5, 5.41) is 1.30. The molecule has 1 aliphatic carbocycles. The summed E-state index contributed by atoms with van der Waals surface area (Å²) in [5.41, 5.74) is 1.09. The number of alkyl halides is 1. The van der Waals surface area contributed by atoms with Crippen LogP contribution in [-0.4, -0.2) is 23.4 Å². The van der Waals surface area contributed by atoms with Gasteiger partial charge in [-0.1, -0.05) is 35.3 Å². The van der Waals surface area contributed by atoms with Gasteiger partial charge in [-0.2, -0.15) is 0 Å². The van der Waals surface area contributed by atoms with E-state index in [2.05, 4.69) is 4.90 Å². The molecule has 0 bridgehead atoms. The number of hydrogen-bond acceptors (Lipinski definition) is 1. The number of nitrogens with zero attached hydrogens (tertiary/aromatic N) is 1. The molecule has 0 heterocycles. The van der Waals surface area contributed by atoms with Gasteiger partial charge in [0, 0.05) is 25.0 Å². The van der Waals surface area contributed by atoms with Crippen molar-refractivity contribution in [3.63, 3.8) is 0 Å². The molecule has 0 amide bonds. The van der Waals surface area contributed by atoms with Crippen LogP contribution in [0.15, 0.2) is 18.2 Å². The molecule has 0 aromatic heterocycles. The number of halogens is 3. The molecule has 1 fully saturated rings. The Hall–Kier alpha value is 0.0500. The standard InChI is InChI=1S/C12H14Cl3N/c13-6-7-16(10-4-5-10)8-9-2-1-3-11(14)12(9)15/h1-3,10H,4-8H2. The third-order valence-electron chi connectivity index (χ3n) is 2.84. The van der Waals surface area contributed by atoms with Gasteiger partial charge in [0.1, 0.15) is 0 Å². The second-order valence-electron chi connectivity index (χ2n) is 4.10. The van der Waals surface area contributed by atoms with E-state index < -0.39 is 0 Å². The van der Waals surface area contributed by atoms with Gasteiger partial charge < -0.3 is 0 Å². The maximum Gasteiger partial charge on any atom is 0.0637 e. The lowest BCUT2D eigenvalue weighted by Gasteiger charge is -2.21. The molecule has 0 atom stereocenters. The van der Waals surface area contributed by atoms with Crippen LogP contribution >= 0.6 is 34.8 Å². The molecule has 0 spiro atoms. The van der Waals surface area contributed by atoms with Crippen LogP contribution in [0.2, 0.25) is 10.0 Å². The van der Waals surface area contributed by atoms with E-state index in [1.54, 1.807) is 0 Å². The zero-order valence-electron chi connectivity index (χ0n) is 8.93. The summed E-state index contributed by atoms with van der Waals surface area (Å²) in [7, 11) is 0. The molecule has 1 aliphatic rings. The largest absolute Gasteiger partial charge is 0.295 e. The van der Waals surface area contributed by atoms with E-state index in [4.69, 9.17) is 34.8 Å². The third kappa shape index (κ3) is 3.04. The first-order chi connectivity index (χ1) is 7.72. The Balaban J connectivity index is 2.08. The van der Waals surface area contributed by atoms with Gasteiger partial charge in [-0.05, 0) is 24.5 Å². The number of rotatable bonds is 5. The van der Waals surface area contributed by atoms with Gasteiger partial charge in [0.15, 0.2) is 0 Å². The van der Waals surface area contributed by atoms with Crippen molar-refractivity contribution in [1.82, 2.24) is 4.90 Å². The maximum absolute atomic E-state index is 6.17. The van der Waals surface area contributed by atoms with Crippen LogP contribution in [0.3, 0.4) is 0 Å². The molecule has 88 valence electrons. The molecule has 0 N–H and O–H groups in total. The lowest BCUT2D eigenvalue weighted by molar-refractivity contribution is 0.271. The van der Waals surface area contributed by atoms with Crippen LogP contribution in [0.4, 0.5) is 0 Å². The highest BCUT2D eigenvalue weighted by Gasteiger charge is 2.28. The predicted octanol–water partition coefficient (Wildman–Crippen LogP) is 4.20. The molecule has 0 aliphatic heterocycles. The van der Waals surface area contributed by atoms with Gasteiger partial charge in [0.25, 0.3) is 0 Å². The minimum Gasteiger partial charge on any atom is -0.295 e. The smallest absolute Gasteiger partial charge is 0.0637 e. The van der Waals surface area contributed by atoms with E-state index in [1.807, 2.05) is 18.2 Å². The molecule has 0 saturated heterocycles. The maximum atomic E-state index is 6.17. The number of benzene rings is 1. The first-order valence-electron chi connectivity index (χ1n) is 5.45. The van der Waals surface area contributed by atoms with E-state index in [0.29, 0.717) is 22.0 Å². The zero-order valence-corrected chi connectivity index (χ0v) is 11.2. The summed E-state index contributed by atoms with van der Waals surface area (Å²) < 4.78 is 0. The van der Waals surface area contributed by atoms with Crippen LogP contribution in [0.1, 0.15) is 18.4 Å². The SMILES string of the molecule is ClCCN(Cc1cccc(Cl)c1Cl)C1CC1. The minimum atomic E-state index is 0.626. The van der Waals surface area contributed by atoms with Crippen LogP contribution in [0.25, 0.3) is 0 Å². The van der Waals surface area contributed by atoms with Crippen molar-refractivity contribution in [2.24, 2.45) is 0 Å². The third-order valence-corrected chi connectivity index (χ3v) is 3.87. The normalized spacial score (nSPS) is 15.8. The lowest BCUT2D eigenvalue weighted by Crippen LogP contribution is -2.27. The van der Waals surface area contributed by atoms with E-state index >= 15 is 0 Å². The first kappa shape index (κ1) is 12.5. The topological polar surface area (TPSA) is 3.24 Å². The summed E-state index contributed by atoms with van der Waals surface area (Å²) in [4.78, 5) is 2.38. The summed E-state index contributed by atoms with van der Waals surface area (Å²) >= 11 is 18.0. The van der Waals surface area contributed by atoms with Crippen molar-refractivity contribution < 1.29 is 0 Å². The minimum absolute atomic E-state index is 0.626. The quantitative estimate of drug-likeness (QED) is 0.730. The number of hydrogen-bond donors (Lipinski definition) is 0. The van der Waals surface area contributed by atoms with Crippen molar-refractivity contribution in [1.29, 1.82) is 0 Å². The average Bonchev–Trinajstić information content (AvgIpc) is 3.07. The van der Waals surface area contributed by atoms with Crippen molar-refractivity contribution in [3.05, 3.63) is 33.8 Å². The highest BCUT2D eigenvalue weighted by molar-refractivity contribution is 6.42. The Kier molecular flexibility index (Phi) is 4.37. The van der Waals surface area contributed by atoms with Crippen LogP contribution in [-0.2, 0) is 6.54 Å². The van der Waals surface area contributed by atoms with Gasteiger partial charge in [0.05, 0.1) is 10.0 Å². The van der Waals surface area contributed by atoms with E-state index in [-0.39, 0.29) is 0 Å². The van der Waals surface area contributed by atoms with Crippen molar-refractivity contribution >= 4 is 34.8 Å². The summed E-state index contributed by atoms with van der Waals surface area (Å²) in [5.74, 6) is 0.661. The Labute approximate surface area is 111 Å². The van der Waals surface area contributed by atoms with Crippen LogP contribution < -0.4 is 0 Å². The second kappa shape index (κ2) is 5.59. The molecule has 0 unspecified atom stereocenters. The molecule has 2 rings (SSSR count). The highest BCUT2D eigenvalue weighted by Crippen LogP contribution is 2.31. The van der Waals surface area contributed by atoms with E-state index in [0.717, 1.165) is 18.7 Å². The Morgan fingerprint density at radius 2 is 2.00 bits per heavy atom. The Morgan fingerprint density at radius 1 is 1.25 bits per heavy atom. The molecule has 16 heavy (non-hydrogen) atoms. The van der Waals surface area contributed by atoms with Crippen molar-refractivity contribution in [2.75, 3.05) is 12.4 Å². The Morgan fingerprint density at radius 3 is 2.62 bits per heavy atom. The molecule has 0 radical (unpaired) electrons. The summed E-state index contributed by atoms with van der Waals surface area (Å²) in [6, 6.07) is 6.47. The van der Waals surface area contributed by atoms with E-state index in [1.165, 1.54) is 12.8 Å². The fourth-order valence-corrected chi connectivity index (χ4v) is 2.43. The Bertz CT molecular complexity index is 363.